The van der Waals surface area contributed by atoms with Gasteiger partial charge < -0.3 is 0 Å². The molecular weight excluding hydrogens is 238 g/mol. The number of rotatable bonds is 3. The summed E-state index contributed by atoms with van der Waals surface area (Å²) in [6.07, 6.45) is 0. The summed E-state index contributed by atoms with van der Waals surface area (Å²) in [5.41, 5.74) is 1.26. The van der Waals surface area contributed by atoms with Crippen LogP contribution in [0.4, 0.5) is 0 Å². The fraction of sp³-hybridized carbons (Fsp3) is 0.182. The van der Waals surface area contributed by atoms with Gasteiger partial charge in [0.25, 0.3) is 5.56 Å². The van der Waals surface area contributed by atoms with Crippen LogP contribution < -0.4 is 11.2 Å². The first-order chi connectivity index (χ1) is 8.15. The molecule has 0 amide bonds. The minimum absolute atomic E-state index is 0.269. The third-order valence-corrected chi connectivity index (χ3v) is 3.20. The lowest BCUT2D eigenvalue weighted by atomic mass is 10.2. The molecule has 0 saturated heterocycles. The molecule has 88 valence electrons. The normalized spacial score (nSPS) is 10.4. The molecule has 0 aliphatic heterocycles. The second-order valence-electron chi connectivity index (χ2n) is 3.59. The van der Waals surface area contributed by atoms with Crippen LogP contribution in [0.1, 0.15) is 11.1 Å². The maximum absolute atomic E-state index is 11.4. The largest absolute Gasteiger partial charge is 0.342 e. The predicted octanol–water partition coefficient (Wildman–Crippen LogP) is 1.06. The molecule has 6 heteroatoms. The Morgan fingerprint density at radius 3 is 2.59 bits per heavy atom. The van der Waals surface area contributed by atoms with Gasteiger partial charge in [0, 0.05) is 5.75 Å². The lowest BCUT2D eigenvalue weighted by Crippen LogP contribution is -2.24. The molecule has 0 saturated carbocycles. The van der Waals surface area contributed by atoms with Crippen LogP contribution in [0.25, 0.3) is 0 Å². The van der Waals surface area contributed by atoms with E-state index in [0.29, 0.717) is 5.75 Å². The van der Waals surface area contributed by atoms with Gasteiger partial charge >= 0.3 is 5.69 Å². The van der Waals surface area contributed by atoms with Crippen molar-refractivity contribution in [3.8, 4) is 0 Å². The van der Waals surface area contributed by atoms with Crippen LogP contribution in [0.2, 0.25) is 0 Å². The zero-order valence-electron chi connectivity index (χ0n) is 9.19. The Kier molecular flexibility index (Phi) is 3.43. The maximum Gasteiger partial charge on any atom is 0.342 e. The number of nitrogens with one attached hydrogen (secondary N) is 2. The summed E-state index contributed by atoms with van der Waals surface area (Å²) in [4.78, 5) is 24.3. The van der Waals surface area contributed by atoms with Gasteiger partial charge in [0.2, 0.25) is 0 Å². The van der Waals surface area contributed by atoms with Crippen LogP contribution in [-0.2, 0) is 5.75 Å². The standard InChI is InChI=1S/C11H11N3O2S/c1-7-2-4-8(5-3-7)6-17-10-9(15)12-11(16)14-13-10/h2-5H,6H2,1H3,(H2,12,14,15,16). The number of hydrogen-bond acceptors (Lipinski definition) is 4. The predicted molar refractivity (Wildman–Crippen MR) is 66.2 cm³/mol. The van der Waals surface area contributed by atoms with Crippen molar-refractivity contribution in [2.24, 2.45) is 0 Å². The van der Waals surface area contributed by atoms with Gasteiger partial charge in [0.1, 0.15) is 0 Å². The first-order valence-corrected chi connectivity index (χ1v) is 6.01. The van der Waals surface area contributed by atoms with Crippen LogP contribution in [0, 0.1) is 6.92 Å². The topological polar surface area (TPSA) is 78.6 Å². The summed E-state index contributed by atoms with van der Waals surface area (Å²) >= 11 is 1.29. The number of aromatic nitrogens is 3. The number of aryl methyl sites for hydroxylation is 1. The third kappa shape index (κ3) is 3.07. The molecular formula is C11H11N3O2S. The number of thioether (sulfide) groups is 1. The van der Waals surface area contributed by atoms with Crippen LogP contribution in [0.15, 0.2) is 38.9 Å². The van der Waals surface area contributed by atoms with Gasteiger partial charge in [-0.2, -0.15) is 5.10 Å². The molecule has 2 aromatic rings. The molecule has 1 heterocycles. The number of nitrogens with zero attached hydrogens (tertiary/aromatic N) is 1. The van der Waals surface area contributed by atoms with Crippen molar-refractivity contribution in [1.29, 1.82) is 0 Å². The highest BCUT2D eigenvalue weighted by molar-refractivity contribution is 7.98. The molecule has 0 radical (unpaired) electrons. The molecule has 0 spiro atoms. The quantitative estimate of drug-likeness (QED) is 0.797. The molecule has 5 nitrogen and oxygen atoms in total. The second kappa shape index (κ2) is 5.01. The Hall–Kier alpha value is -1.82. The smallest absolute Gasteiger partial charge is 0.271 e. The molecule has 17 heavy (non-hydrogen) atoms. The average molecular weight is 249 g/mol. The van der Waals surface area contributed by atoms with E-state index in [2.05, 4.69) is 15.2 Å². The van der Waals surface area contributed by atoms with Crippen LogP contribution in [0.5, 0.6) is 0 Å². The molecule has 0 atom stereocenters. The molecule has 1 aromatic heterocycles. The van der Waals surface area contributed by atoms with E-state index in [-0.39, 0.29) is 5.03 Å². The van der Waals surface area contributed by atoms with E-state index >= 15 is 0 Å². The van der Waals surface area contributed by atoms with E-state index in [1.807, 2.05) is 31.2 Å². The summed E-state index contributed by atoms with van der Waals surface area (Å²) in [7, 11) is 0. The van der Waals surface area contributed by atoms with E-state index in [4.69, 9.17) is 0 Å². The molecule has 1 aromatic carbocycles. The van der Waals surface area contributed by atoms with E-state index in [0.717, 1.165) is 5.56 Å². The number of aromatic amines is 2. The van der Waals surface area contributed by atoms with Crippen molar-refractivity contribution in [1.82, 2.24) is 15.2 Å². The highest BCUT2D eigenvalue weighted by Gasteiger charge is 2.03. The van der Waals surface area contributed by atoms with Gasteiger partial charge in [-0.05, 0) is 12.5 Å². The Bertz CT molecular complexity index is 616. The van der Waals surface area contributed by atoms with Gasteiger partial charge in [-0.3, -0.25) is 9.78 Å². The molecule has 0 fully saturated rings. The number of hydrogen-bond donors (Lipinski definition) is 2. The van der Waals surface area contributed by atoms with Gasteiger partial charge in [-0.1, -0.05) is 41.6 Å². The van der Waals surface area contributed by atoms with Crippen molar-refractivity contribution in [3.05, 3.63) is 56.2 Å². The number of benzene rings is 1. The average Bonchev–Trinajstić information content (AvgIpc) is 2.30. The highest BCUT2D eigenvalue weighted by atomic mass is 32.2. The summed E-state index contributed by atoms with van der Waals surface area (Å²) in [5, 5.41) is 6.16. The van der Waals surface area contributed by atoms with Crippen LogP contribution >= 0.6 is 11.8 Å². The summed E-state index contributed by atoms with van der Waals surface area (Å²) < 4.78 is 0. The van der Waals surface area contributed by atoms with Crippen LogP contribution in [0.3, 0.4) is 0 Å². The van der Waals surface area contributed by atoms with Crippen molar-refractivity contribution in [2.75, 3.05) is 0 Å². The molecule has 2 N–H and O–H groups in total. The van der Waals surface area contributed by atoms with Crippen molar-refractivity contribution in [2.45, 2.75) is 17.7 Å². The Labute approximate surface area is 101 Å². The molecule has 0 bridgehead atoms. The second-order valence-corrected chi connectivity index (χ2v) is 4.55. The first kappa shape index (κ1) is 11.7. The molecule has 2 rings (SSSR count). The minimum atomic E-state index is -0.588. The Balaban J connectivity index is 2.10. The van der Waals surface area contributed by atoms with Gasteiger partial charge in [0.15, 0.2) is 5.03 Å². The Morgan fingerprint density at radius 2 is 1.94 bits per heavy atom. The lowest BCUT2D eigenvalue weighted by molar-refractivity contribution is 0.807. The SMILES string of the molecule is Cc1ccc(CSc2n[nH]c(=O)[nH]c2=O)cc1. The summed E-state index contributed by atoms with van der Waals surface area (Å²) in [5.74, 6) is 0.641. The van der Waals surface area contributed by atoms with E-state index < -0.39 is 11.2 Å². The van der Waals surface area contributed by atoms with E-state index in [9.17, 15) is 9.59 Å². The zero-order chi connectivity index (χ0) is 12.3. The van der Waals surface area contributed by atoms with Crippen molar-refractivity contribution < 1.29 is 0 Å². The van der Waals surface area contributed by atoms with Gasteiger partial charge in [0.05, 0.1) is 0 Å². The first-order valence-electron chi connectivity index (χ1n) is 5.02. The van der Waals surface area contributed by atoms with E-state index in [1.54, 1.807) is 0 Å². The number of H-pyrrole nitrogens is 2. The minimum Gasteiger partial charge on any atom is -0.271 e. The fourth-order valence-electron chi connectivity index (χ4n) is 1.27. The molecule has 0 aliphatic rings. The third-order valence-electron chi connectivity index (χ3n) is 2.18. The van der Waals surface area contributed by atoms with Gasteiger partial charge in [-0.15, -0.1) is 0 Å². The zero-order valence-corrected chi connectivity index (χ0v) is 10.0. The van der Waals surface area contributed by atoms with Gasteiger partial charge in [-0.25, -0.2) is 9.89 Å². The fourth-order valence-corrected chi connectivity index (χ4v) is 2.06. The summed E-state index contributed by atoms with van der Waals surface area (Å²) in [6, 6.07) is 8.03. The van der Waals surface area contributed by atoms with Crippen LogP contribution in [-0.4, -0.2) is 15.2 Å². The maximum atomic E-state index is 11.4. The van der Waals surface area contributed by atoms with Crippen molar-refractivity contribution in [3.63, 3.8) is 0 Å². The molecule has 0 aliphatic carbocycles. The highest BCUT2D eigenvalue weighted by Crippen LogP contribution is 2.16. The Morgan fingerprint density at radius 1 is 1.24 bits per heavy atom. The molecule has 0 unspecified atom stereocenters. The monoisotopic (exact) mass is 249 g/mol. The van der Waals surface area contributed by atoms with E-state index in [1.165, 1.54) is 17.3 Å². The van der Waals surface area contributed by atoms with Crippen molar-refractivity contribution >= 4 is 11.8 Å². The summed E-state index contributed by atoms with van der Waals surface area (Å²) in [6.45, 7) is 2.02. The lowest BCUT2D eigenvalue weighted by Gasteiger charge is -2.00.